The van der Waals surface area contributed by atoms with E-state index >= 15 is 0 Å². The number of carbonyl (C=O) groups is 1. The molecule has 2 atom stereocenters. The first-order chi connectivity index (χ1) is 16.0. The maximum Gasteiger partial charge on any atom is 0.450 e. The van der Waals surface area contributed by atoms with E-state index in [2.05, 4.69) is 0 Å². The normalized spacial score (nSPS) is 18.6. The second-order valence-electron chi connectivity index (χ2n) is 7.81. The molecule has 176 valence electrons. The van der Waals surface area contributed by atoms with Crippen molar-refractivity contribution >= 4 is 27.2 Å². The number of halogens is 4. The summed E-state index contributed by atoms with van der Waals surface area (Å²) in [5.41, 5.74) is 0.942. The summed E-state index contributed by atoms with van der Waals surface area (Å²) < 4.78 is 74.8. The number of allylic oxidation sites excluding steroid dienone is 1. The predicted molar refractivity (Wildman–Crippen MR) is 121 cm³/mol. The lowest BCUT2D eigenvalue weighted by molar-refractivity contribution is -0.131. The molecule has 0 saturated heterocycles. The molecule has 0 bridgehead atoms. The van der Waals surface area contributed by atoms with Crippen LogP contribution in [0.2, 0.25) is 5.02 Å². The first kappa shape index (κ1) is 24.0. The second kappa shape index (κ2) is 8.92. The van der Waals surface area contributed by atoms with Crippen molar-refractivity contribution in [1.82, 2.24) is 0 Å². The lowest BCUT2D eigenvalue weighted by Gasteiger charge is -2.21. The largest absolute Gasteiger partial charge is 0.475 e. The molecule has 0 aliphatic carbocycles. The maximum atomic E-state index is 14.1. The Kier molecular flexibility index (Phi) is 6.31. The van der Waals surface area contributed by atoms with Crippen molar-refractivity contribution in [2.45, 2.75) is 30.0 Å². The molecule has 3 aromatic rings. The molecule has 0 fully saturated rings. The Labute approximate surface area is 199 Å². The van der Waals surface area contributed by atoms with E-state index in [1.807, 2.05) is 0 Å². The number of aryl methyl sites for hydroxylation is 1. The summed E-state index contributed by atoms with van der Waals surface area (Å²) in [6.07, 6.45) is -6.91. The van der Waals surface area contributed by atoms with Gasteiger partial charge in [-0.2, -0.15) is 13.2 Å². The van der Waals surface area contributed by atoms with Crippen LogP contribution in [-0.2, 0) is 14.6 Å². The molecule has 0 radical (unpaired) electrons. The molecular weight excluding hydrogens is 489 g/mol. The highest BCUT2D eigenvalue weighted by Crippen LogP contribution is 2.50. The molecule has 4 rings (SSSR count). The van der Waals surface area contributed by atoms with E-state index in [-0.39, 0.29) is 21.0 Å². The molecule has 1 aliphatic heterocycles. The number of ether oxygens (including phenoxy) is 1. The third-order valence-electron chi connectivity index (χ3n) is 5.46. The highest BCUT2D eigenvalue weighted by Gasteiger charge is 2.55. The molecule has 2 unspecified atom stereocenters. The van der Waals surface area contributed by atoms with Gasteiger partial charge in [0.05, 0.1) is 10.8 Å². The zero-order valence-electron chi connectivity index (χ0n) is 17.7. The van der Waals surface area contributed by atoms with Crippen LogP contribution in [0.5, 0.6) is 0 Å². The van der Waals surface area contributed by atoms with Crippen molar-refractivity contribution in [2.24, 2.45) is 0 Å². The topological polar surface area (TPSA) is 60.4 Å². The van der Waals surface area contributed by atoms with Gasteiger partial charge < -0.3 is 4.74 Å². The number of benzene rings is 3. The van der Waals surface area contributed by atoms with E-state index in [1.54, 1.807) is 25.1 Å². The van der Waals surface area contributed by atoms with Crippen LogP contribution in [-0.4, -0.2) is 26.5 Å². The van der Waals surface area contributed by atoms with Gasteiger partial charge in [-0.25, -0.2) is 8.42 Å². The Morgan fingerprint density at radius 2 is 1.59 bits per heavy atom. The molecule has 0 N–H and O–H groups in total. The smallest absolute Gasteiger partial charge is 0.450 e. The van der Waals surface area contributed by atoms with Crippen LogP contribution < -0.4 is 0 Å². The van der Waals surface area contributed by atoms with Gasteiger partial charge >= 0.3 is 6.18 Å². The molecule has 0 saturated carbocycles. The van der Waals surface area contributed by atoms with Crippen molar-refractivity contribution in [2.75, 3.05) is 0 Å². The molecule has 9 heteroatoms. The van der Waals surface area contributed by atoms with Crippen LogP contribution >= 0.6 is 11.6 Å². The molecule has 0 amide bonds. The minimum absolute atomic E-state index is 0.0926. The zero-order valence-corrected chi connectivity index (χ0v) is 19.3. The average molecular weight is 507 g/mol. The van der Waals surface area contributed by atoms with Crippen molar-refractivity contribution in [3.63, 3.8) is 0 Å². The lowest BCUT2D eigenvalue weighted by Crippen LogP contribution is -2.29. The molecule has 3 aromatic carbocycles. The molecule has 1 aliphatic rings. The predicted octanol–water partition coefficient (Wildman–Crippen LogP) is 6.26. The summed E-state index contributed by atoms with van der Waals surface area (Å²) in [4.78, 5) is 11.9. The van der Waals surface area contributed by atoms with Crippen LogP contribution in [0.4, 0.5) is 13.2 Å². The number of hydrogen-bond donors (Lipinski definition) is 0. The minimum atomic E-state index is -5.16. The number of Topliss-reactive ketones (excluding diaryl/α,β-unsaturated/α-hetero) is 1. The van der Waals surface area contributed by atoms with Crippen LogP contribution in [0, 0.1) is 6.92 Å². The molecule has 4 nitrogen and oxygen atoms in total. The number of hydrogen-bond acceptors (Lipinski definition) is 4. The first-order valence-corrected chi connectivity index (χ1v) is 12.0. The SMILES string of the molecule is Cc1ccc(S(=O)(=O)C2=C(C(F)(F)F)OC(C(=O)c3ccccc3)C2c2cccc(Cl)c2)cc1. The van der Waals surface area contributed by atoms with Crippen molar-refractivity contribution < 1.29 is 31.1 Å². The van der Waals surface area contributed by atoms with Gasteiger partial charge in [-0.05, 0) is 36.8 Å². The second-order valence-corrected chi connectivity index (χ2v) is 10.2. The van der Waals surface area contributed by atoms with Crippen LogP contribution in [0.15, 0.2) is 94.4 Å². The highest BCUT2D eigenvalue weighted by molar-refractivity contribution is 7.95. The quantitative estimate of drug-likeness (QED) is 0.383. The molecule has 34 heavy (non-hydrogen) atoms. The number of rotatable bonds is 5. The highest BCUT2D eigenvalue weighted by atomic mass is 35.5. The van der Waals surface area contributed by atoms with Gasteiger partial charge in [0.1, 0.15) is 4.91 Å². The van der Waals surface area contributed by atoms with E-state index in [1.165, 1.54) is 60.7 Å². The molecule has 0 spiro atoms. The van der Waals surface area contributed by atoms with E-state index < -0.39 is 44.5 Å². The van der Waals surface area contributed by atoms with Gasteiger partial charge in [0.2, 0.25) is 21.4 Å². The van der Waals surface area contributed by atoms with E-state index in [0.717, 1.165) is 5.56 Å². The lowest BCUT2D eigenvalue weighted by atomic mass is 9.89. The summed E-state index contributed by atoms with van der Waals surface area (Å²) in [6, 6.07) is 18.8. The number of sulfone groups is 1. The third kappa shape index (κ3) is 4.48. The van der Waals surface area contributed by atoms with Gasteiger partial charge in [0.25, 0.3) is 0 Å². The summed E-state index contributed by atoms with van der Waals surface area (Å²) in [5.74, 6) is -4.04. The first-order valence-electron chi connectivity index (χ1n) is 10.1. The fraction of sp³-hybridized carbons (Fsp3) is 0.160. The van der Waals surface area contributed by atoms with Crippen LogP contribution in [0.25, 0.3) is 0 Å². The third-order valence-corrected chi connectivity index (χ3v) is 7.60. The summed E-state index contributed by atoms with van der Waals surface area (Å²) in [6.45, 7) is 1.72. The van der Waals surface area contributed by atoms with Gasteiger partial charge in [-0.15, -0.1) is 0 Å². The fourth-order valence-electron chi connectivity index (χ4n) is 3.87. The standard InChI is InChI=1S/C25H18ClF3O4S/c1-15-10-12-19(13-11-15)34(31,32)23-20(17-8-5-9-18(26)14-17)22(33-24(23)25(27,28)29)21(30)16-6-3-2-4-7-16/h2-14,20,22H,1H3. The summed E-state index contributed by atoms with van der Waals surface area (Å²) in [7, 11) is -4.71. The monoisotopic (exact) mass is 506 g/mol. The van der Waals surface area contributed by atoms with E-state index in [9.17, 15) is 26.4 Å². The van der Waals surface area contributed by atoms with Crippen LogP contribution in [0.1, 0.15) is 27.4 Å². The Balaban J connectivity index is 1.97. The fourth-order valence-corrected chi connectivity index (χ4v) is 5.82. The van der Waals surface area contributed by atoms with E-state index in [4.69, 9.17) is 16.3 Å². The Bertz CT molecular complexity index is 1370. The number of ketones is 1. The average Bonchev–Trinajstić information content (AvgIpc) is 3.22. The molecular formula is C25H18ClF3O4S. The Morgan fingerprint density at radius 3 is 2.18 bits per heavy atom. The van der Waals surface area contributed by atoms with Crippen LogP contribution in [0.3, 0.4) is 0 Å². The molecule has 1 heterocycles. The summed E-state index contributed by atoms with van der Waals surface area (Å²) in [5, 5.41) is 0.177. The van der Waals surface area contributed by atoms with E-state index in [0.29, 0.717) is 0 Å². The van der Waals surface area contributed by atoms with Gasteiger partial charge in [-0.1, -0.05) is 71.8 Å². The van der Waals surface area contributed by atoms with Crippen molar-refractivity contribution in [1.29, 1.82) is 0 Å². The zero-order chi connectivity index (χ0) is 24.7. The maximum absolute atomic E-state index is 14.1. The summed E-state index contributed by atoms with van der Waals surface area (Å²) >= 11 is 6.08. The number of alkyl halides is 3. The van der Waals surface area contributed by atoms with Gasteiger partial charge in [0.15, 0.2) is 6.10 Å². The van der Waals surface area contributed by atoms with Gasteiger partial charge in [0, 0.05) is 10.6 Å². The Hall–Kier alpha value is -3.10. The molecule has 0 aromatic heterocycles. The minimum Gasteiger partial charge on any atom is -0.475 e. The van der Waals surface area contributed by atoms with Crippen molar-refractivity contribution in [3.05, 3.63) is 111 Å². The number of carbonyl (C=O) groups excluding carboxylic acids is 1. The van der Waals surface area contributed by atoms with Crippen molar-refractivity contribution in [3.8, 4) is 0 Å². The Morgan fingerprint density at radius 1 is 0.941 bits per heavy atom. The van der Waals surface area contributed by atoms with Gasteiger partial charge in [-0.3, -0.25) is 4.79 Å².